The van der Waals surface area contributed by atoms with Gasteiger partial charge in [0.2, 0.25) is 0 Å². The number of hydrogen-bond donors (Lipinski definition) is 0. The molecule has 6 heavy (non-hydrogen) atoms. The Morgan fingerprint density at radius 1 is 1.50 bits per heavy atom. The summed E-state index contributed by atoms with van der Waals surface area (Å²) in [6.07, 6.45) is 0. The normalized spacial score (nSPS) is 24.0. The Labute approximate surface area is 47.3 Å². The molecule has 0 aromatic carbocycles. The van der Waals surface area contributed by atoms with Crippen molar-refractivity contribution in [2.24, 2.45) is 0 Å². The van der Waals surface area contributed by atoms with Crippen molar-refractivity contribution in [1.29, 1.82) is 0 Å². The second-order valence-corrected chi connectivity index (χ2v) is 4.19. The average Bonchev–Trinajstić information content (AvgIpc) is 1.72. The van der Waals surface area contributed by atoms with Gasteiger partial charge < -0.3 is 0 Å². The molecule has 0 bridgehead atoms. The van der Waals surface area contributed by atoms with Crippen LogP contribution in [0.15, 0.2) is 0 Å². The van der Waals surface area contributed by atoms with Crippen LogP contribution in [0.2, 0.25) is 0 Å². The molecule has 0 aromatic rings. The fourth-order valence-corrected chi connectivity index (χ4v) is 1.90. The highest BCUT2D eigenvalue weighted by molar-refractivity contribution is 9.08. The Morgan fingerprint density at radius 3 is 2.67 bits per heavy atom. The maximum atomic E-state index is 4.47. The summed E-state index contributed by atoms with van der Waals surface area (Å²) in [6.45, 7) is 0. The van der Waals surface area contributed by atoms with Crippen LogP contribution in [0.1, 0.15) is 0 Å². The first-order chi connectivity index (χ1) is 3.00. The molecule has 36 valence electrons. The summed E-state index contributed by atoms with van der Waals surface area (Å²) in [4.78, 5) is 4.47. The van der Waals surface area contributed by atoms with E-state index in [4.69, 9.17) is 0 Å². The highest BCUT2D eigenvalue weighted by atomic mass is 33.5. The molecule has 0 unspecified atom stereocenters. The van der Waals surface area contributed by atoms with Gasteiger partial charge in [-0.1, -0.05) is 0 Å². The van der Waals surface area contributed by atoms with Crippen molar-refractivity contribution in [3.05, 3.63) is 0 Å². The summed E-state index contributed by atoms with van der Waals surface area (Å²) in [5.74, 6) is 0.637. The molecular weight excluding hydrogens is 140 g/mol. The van der Waals surface area contributed by atoms with E-state index in [2.05, 4.69) is 9.22 Å². The highest BCUT2D eigenvalue weighted by Gasteiger charge is 1.99. The van der Waals surface area contributed by atoms with Crippen LogP contribution in [0.25, 0.3) is 0 Å². The zero-order chi connectivity index (χ0) is 4.24. The lowest BCUT2D eigenvalue weighted by atomic mass is 11.7. The largest absolute Gasteiger partial charge is 0.212 e. The molecule has 1 fully saturated rings. The minimum Gasteiger partial charge on any atom is -0.212 e. The number of rotatable bonds is 0. The molecule has 1 aliphatic rings. The van der Waals surface area contributed by atoms with E-state index in [1.807, 2.05) is 0 Å². The summed E-state index contributed by atoms with van der Waals surface area (Å²) in [5.41, 5.74) is 0. The molecule has 0 aromatic heterocycles. The van der Waals surface area contributed by atoms with E-state index in [1.54, 1.807) is 20.6 Å². The van der Waals surface area contributed by atoms with Gasteiger partial charge in [0.25, 0.3) is 0 Å². The molecule has 0 saturated carbocycles. The third-order valence-electron chi connectivity index (χ3n) is 0.248. The molecule has 0 atom stereocenters. The Balaban J connectivity index is 2.00. The van der Waals surface area contributed by atoms with Crippen molar-refractivity contribution >= 4 is 31.7 Å². The van der Waals surface area contributed by atoms with Gasteiger partial charge in [-0.15, -0.1) is 4.33 Å². The molecule has 2 nitrogen and oxygen atoms in total. The summed E-state index contributed by atoms with van der Waals surface area (Å²) < 4.78 is 4.43. The predicted octanol–water partition coefficient (Wildman–Crippen LogP) is 1.85. The first kappa shape index (κ1) is 5.11. The topological polar surface area (TPSA) is 18.5 Å². The minimum atomic E-state index is 0.637. The average molecular weight is 142 g/mol. The van der Waals surface area contributed by atoms with Gasteiger partial charge in [-0.3, -0.25) is 0 Å². The zero-order valence-corrected chi connectivity index (χ0v) is 5.20. The fourth-order valence-electron chi connectivity index (χ4n) is 0.110. The first-order valence-corrected chi connectivity index (χ1v) is 4.82. The van der Waals surface area contributed by atoms with Crippen molar-refractivity contribution in [2.45, 2.75) is 0 Å². The molecule has 5 heteroatoms. The van der Waals surface area contributed by atoms with Gasteiger partial charge in [-0.05, 0) is 10.8 Å². The summed E-state index contributed by atoms with van der Waals surface area (Å²) in [5, 5.41) is 0. The second kappa shape index (κ2) is 3.04. The molecule has 1 saturated heterocycles. The van der Waals surface area contributed by atoms with Crippen molar-refractivity contribution < 1.29 is 9.22 Å². The van der Waals surface area contributed by atoms with Crippen molar-refractivity contribution in [2.75, 3.05) is 5.94 Å². The lowest BCUT2D eigenvalue weighted by molar-refractivity contribution is -0.167. The smallest absolute Gasteiger partial charge is 0.140 e. The van der Waals surface area contributed by atoms with Crippen molar-refractivity contribution in [3.8, 4) is 0 Å². The van der Waals surface area contributed by atoms with E-state index < -0.39 is 0 Å². The molecule has 0 aliphatic carbocycles. The molecule has 0 N–H and O–H groups in total. The lowest BCUT2D eigenvalue weighted by Crippen LogP contribution is -1.85. The quantitative estimate of drug-likeness (QED) is 0.291. The van der Waals surface area contributed by atoms with Crippen molar-refractivity contribution in [1.82, 2.24) is 0 Å². The molecule has 1 aliphatic heterocycles. The van der Waals surface area contributed by atoms with E-state index in [1.165, 1.54) is 11.1 Å². The van der Waals surface area contributed by atoms with Gasteiger partial charge in [-0.2, -0.15) is 0 Å². The summed E-state index contributed by atoms with van der Waals surface area (Å²) in [6, 6.07) is 0. The first-order valence-electron chi connectivity index (χ1n) is 1.24. The van der Waals surface area contributed by atoms with E-state index >= 15 is 0 Å². The predicted molar refractivity (Wildman–Crippen MR) is 29.8 cm³/mol. The SMILES string of the molecule is C1OOSSS1. The van der Waals surface area contributed by atoms with Crippen LogP contribution in [-0.2, 0) is 9.22 Å². The Kier molecular flexibility index (Phi) is 2.59. The van der Waals surface area contributed by atoms with Gasteiger partial charge in [0, 0.05) is 9.83 Å². The van der Waals surface area contributed by atoms with Gasteiger partial charge in [0.1, 0.15) is 17.0 Å². The Bertz CT molecular complexity index is 24.3. The zero-order valence-electron chi connectivity index (χ0n) is 2.75. The molecular formula is CH2O2S3. The lowest BCUT2D eigenvalue weighted by Gasteiger charge is -2.03. The molecule has 0 radical (unpaired) electrons. The molecule has 1 heterocycles. The molecule has 0 spiro atoms. The van der Waals surface area contributed by atoms with Crippen molar-refractivity contribution in [3.63, 3.8) is 0 Å². The maximum absolute atomic E-state index is 4.47. The van der Waals surface area contributed by atoms with Gasteiger partial charge in [-0.25, -0.2) is 4.89 Å². The third-order valence-corrected chi connectivity index (χ3v) is 3.02. The van der Waals surface area contributed by atoms with Crippen LogP contribution >= 0.6 is 31.7 Å². The van der Waals surface area contributed by atoms with Crippen LogP contribution in [0, 0.1) is 0 Å². The maximum Gasteiger partial charge on any atom is 0.140 e. The van der Waals surface area contributed by atoms with E-state index in [0.717, 1.165) is 0 Å². The van der Waals surface area contributed by atoms with Crippen LogP contribution < -0.4 is 0 Å². The summed E-state index contributed by atoms with van der Waals surface area (Å²) >= 11 is 1.25. The summed E-state index contributed by atoms with van der Waals surface area (Å²) in [7, 11) is 3.21. The van der Waals surface area contributed by atoms with E-state index in [0.29, 0.717) is 5.94 Å². The third kappa shape index (κ3) is 1.61. The standard InChI is InChI=1S/CH2O2S3/c1-2-3-5-6-4-1/h1H2. The fraction of sp³-hybridized carbons (Fsp3) is 1.00. The number of hydrogen-bond acceptors (Lipinski definition) is 5. The Hall–Kier alpha value is 0.970. The van der Waals surface area contributed by atoms with Crippen LogP contribution in [0.3, 0.4) is 0 Å². The highest BCUT2D eigenvalue weighted by Crippen LogP contribution is 2.39. The molecule has 1 rings (SSSR count). The minimum absolute atomic E-state index is 0.637. The van der Waals surface area contributed by atoms with Crippen LogP contribution in [-0.4, -0.2) is 5.94 Å². The van der Waals surface area contributed by atoms with E-state index in [9.17, 15) is 0 Å². The second-order valence-electron chi connectivity index (χ2n) is 0.558. The molecule has 0 amide bonds. The Morgan fingerprint density at radius 2 is 2.50 bits per heavy atom. The van der Waals surface area contributed by atoms with Gasteiger partial charge in [0.05, 0.1) is 0 Å². The van der Waals surface area contributed by atoms with E-state index in [-0.39, 0.29) is 0 Å². The van der Waals surface area contributed by atoms with Gasteiger partial charge >= 0.3 is 0 Å². The monoisotopic (exact) mass is 142 g/mol. The van der Waals surface area contributed by atoms with Crippen LogP contribution in [0.5, 0.6) is 0 Å². The van der Waals surface area contributed by atoms with Gasteiger partial charge in [0.15, 0.2) is 0 Å². The van der Waals surface area contributed by atoms with Crippen LogP contribution in [0.4, 0.5) is 0 Å².